The van der Waals surface area contributed by atoms with E-state index in [0.717, 1.165) is 6.54 Å². The Morgan fingerprint density at radius 3 is 3.10 bits per heavy atom. The van der Waals surface area contributed by atoms with Crippen LogP contribution in [0.15, 0.2) is 23.4 Å². The number of hydrogen-bond acceptors (Lipinski definition) is 7. The number of nitrogens with two attached hydrogens (primary N) is 1. The molecule has 0 amide bonds. The smallest absolute Gasteiger partial charge is 0.260 e. The van der Waals surface area contributed by atoms with Crippen molar-refractivity contribution in [3.8, 4) is 0 Å². The number of hydrazine groups is 1. The number of aromatic nitrogens is 1. The molecule has 0 aliphatic carbocycles. The molecule has 1 aromatic rings. The number of nitrogen functional groups attached to an aromatic ring is 1. The van der Waals surface area contributed by atoms with Gasteiger partial charge in [-0.15, -0.1) is 0 Å². The lowest BCUT2D eigenvalue weighted by Crippen LogP contribution is -2.46. The Kier molecular flexibility index (Phi) is 4.89. The number of morpholine rings is 1. The second-order valence-corrected chi connectivity index (χ2v) is 6.29. The van der Waals surface area contributed by atoms with Crippen molar-refractivity contribution in [3.05, 3.63) is 18.3 Å². The third-order valence-electron chi connectivity index (χ3n) is 3.02. The Bertz CT molecular complexity index is 551. The molecule has 0 bridgehead atoms. The Hall–Kier alpha value is -1.26. The van der Waals surface area contributed by atoms with Gasteiger partial charge in [0.25, 0.3) is 10.0 Å². The monoisotopic (exact) mass is 301 g/mol. The molecule has 1 fully saturated rings. The standard InChI is InChI=1S/C11H19N5O3S/c1-16-5-6-19-9(8-16)7-14-20(17,18)11-10(15-12)3-2-4-13-11/h2-4,9,14-15H,5-8,12H2,1H3. The molecule has 4 N–H and O–H groups in total. The van der Waals surface area contributed by atoms with Gasteiger partial charge in [0.1, 0.15) is 0 Å². The van der Waals surface area contributed by atoms with Gasteiger partial charge in [-0.1, -0.05) is 0 Å². The highest BCUT2D eigenvalue weighted by molar-refractivity contribution is 7.89. The summed E-state index contributed by atoms with van der Waals surface area (Å²) in [5.41, 5.74) is 2.58. The number of anilines is 1. The van der Waals surface area contributed by atoms with Gasteiger partial charge in [0, 0.05) is 25.8 Å². The minimum atomic E-state index is -3.72. The van der Waals surface area contributed by atoms with Crippen LogP contribution in [0.3, 0.4) is 0 Å². The zero-order chi connectivity index (χ0) is 14.6. The molecule has 2 rings (SSSR count). The fourth-order valence-electron chi connectivity index (χ4n) is 1.98. The van der Waals surface area contributed by atoms with Gasteiger partial charge < -0.3 is 15.1 Å². The highest BCUT2D eigenvalue weighted by atomic mass is 32.2. The summed E-state index contributed by atoms with van der Waals surface area (Å²) in [6, 6.07) is 3.15. The van der Waals surface area contributed by atoms with E-state index in [1.165, 1.54) is 6.20 Å². The van der Waals surface area contributed by atoms with Crippen molar-refractivity contribution in [2.45, 2.75) is 11.1 Å². The van der Waals surface area contributed by atoms with Crippen molar-refractivity contribution in [1.82, 2.24) is 14.6 Å². The quantitative estimate of drug-likeness (QED) is 0.471. The van der Waals surface area contributed by atoms with Crippen molar-refractivity contribution in [1.29, 1.82) is 0 Å². The van der Waals surface area contributed by atoms with E-state index in [2.05, 4.69) is 20.0 Å². The fourth-order valence-corrected chi connectivity index (χ4v) is 3.13. The van der Waals surface area contributed by atoms with Gasteiger partial charge in [-0.05, 0) is 19.2 Å². The second-order valence-electron chi connectivity index (χ2n) is 4.61. The summed E-state index contributed by atoms with van der Waals surface area (Å²) in [6.45, 7) is 2.34. The molecule has 1 aromatic heterocycles. The van der Waals surface area contributed by atoms with Crippen LogP contribution in [0.2, 0.25) is 0 Å². The van der Waals surface area contributed by atoms with E-state index in [9.17, 15) is 8.42 Å². The van der Waals surface area contributed by atoms with Crippen molar-refractivity contribution in [2.75, 3.05) is 38.7 Å². The van der Waals surface area contributed by atoms with Gasteiger partial charge in [0.15, 0.2) is 5.03 Å². The average molecular weight is 301 g/mol. The largest absolute Gasteiger partial charge is 0.374 e. The highest BCUT2D eigenvalue weighted by Crippen LogP contribution is 2.16. The first-order valence-electron chi connectivity index (χ1n) is 6.24. The van der Waals surface area contributed by atoms with Crippen molar-refractivity contribution >= 4 is 15.7 Å². The molecule has 0 spiro atoms. The van der Waals surface area contributed by atoms with E-state index < -0.39 is 10.0 Å². The van der Waals surface area contributed by atoms with Crippen LogP contribution < -0.4 is 16.0 Å². The molecule has 0 radical (unpaired) electrons. The molecule has 1 saturated heterocycles. The molecule has 2 heterocycles. The molecule has 9 heteroatoms. The maximum absolute atomic E-state index is 12.2. The molecule has 112 valence electrons. The summed E-state index contributed by atoms with van der Waals surface area (Å²) in [4.78, 5) is 5.95. The molecular weight excluding hydrogens is 282 g/mol. The van der Waals surface area contributed by atoms with Gasteiger partial charge in [-0.2, -0.15) is 0 Å². The zero-order valence-electron chi connectivity index (χ0n) is 11.2. The van der Waals surface area contributed by atoms with E-state index in [0.29, 0.717) is 13.2 Å². The number of pyridine rings is 1. The summed E-state index contributed by atoms with van der Waals surface area (Å²) in [7, 11) is -1.75. The van der Waals surface area contributed by atoms with E-state index in [-0.39, 0.29) is 23.4 Å². The average Bonchev–Trinajstić information content (AvgIpc) is 2.45. The fraction of sp³-hybridized carbons (Fsp3) is 0.545. The third-order valence-corrected chi connectivity index (χ3v) is 4.41. The molecule has 1 aliphatic heterocycles. The zero-order valence-corrected chi connectivity index (χ0v) is 12.1. The Morgan fingerprint density at radius 2 is 2.40 bits per heavy atom. The lowest BCUT2D eigenvalue weighted by Gasteiger charge is -2.30. The summed E-state index contributed by atoms with van der Waals surface area (Å²) >= 11 is 0. The van der Waals surface area contributed by atoms with Crippen LogP contribution >= 0.6 is 0 Å². The molecule has 20 heavy (non-hydrogen) atoms. The molecule has 0 aromatic carbocycles. The second kappa shape index (κ2) is 6.46. The maximum Gasteiger partial charge on any atom is 0.260 e. The lowest BCUT2D eigenvalue weighted by atomic mass is 10.3. The number of nitrogens with zero attached hydrogens (tertiary/aromatic N) is 2. The van der Waals surface area contributed by atoms with E-state index >= 15 is 0 Å². The first kappa shape index (κ1) is 15.1. The van der Waals surface area contributed by atoms with Gasteiger partial charge in [-0.25, -0.2) is 18.1 Å². The summed E-state index contributed by atoms with van der Waals surface area (Å²) < 4.78 is 32.4. The molecule has 1 atom stereocenters. The number of hydrogen-bond donors (Lipinski definition) is 3. The number of sulfonamides is 1. The predicted molar refractivity (Wildman–Crippen MR) is 74.5 cm³/mol. The van der Waals surface area contributed by atoms with Crippen LogP contribution in [0.5, 0.6) is 0 Å². The van der Waals surface area contributed by atoms with Crippen LogP contribution in [0.1, 0.15) is 0 Å². The van der Waals surface area contributed by atoms with Gasteiger partial charge in [0.2, 0.25) is 0 Å². The Balaban J connectivity index is 2.04. The number of nitrogens with one attached hydrogen (secondary N) is 2. The molecule has 1 unspecified atom stereocenters. The Labute approximate surface area is 118 Å². The summed E-state index contributed by atoms with van der Waals surface area (Å²) in [5, 5.41) is -0.119. The summed E-state index contributed by atoms with van der Waals surface area (Å²) in [5.74, 6) is 5.29. The van der Waals surface area contributed by atoms with Crippen molar-refractivity contribution < 1.29 is 13.2 Å². The Morgan fingerprint density at radius 1 is 1.60 bits per heavy atom. The molecule has 8 nitrogen and oxygen atoms in total. The molecule has 1 aliphatic rings. The summed E-state index contributed by atoms with van der Waals surface area (Å²) in [6.07, 6.45) is 1.24. The van der Waals surface area contributed by atoms with Crippen LogP contribution in [0.25, 0.3) is 0 Å². The lowest BCUT2D eigenvalue weighted by molar-refractivity contribution is -0.0156. The van der Waals surface area contributed by atoms with E-state index in [1.807, 2.05) is 7.05 Å². The van der Waals surface area contributed by atoms with Crippen molar-refractivity contribution in [3.63, 3.8) is 0 Å². The predicted octanol–water partition coefficient (Wildman–Crippen LogP) is -1.02. The van der Waals surface area contributed by atoms with Crippen LogP contribution in [0.4, 0.5) is 5.69 Å². The van der Waals surface area contributed by atoms with Gasteiger partial charge in [0.05, 0.1) is 18.4 Å². The topological polar surface area (TPSA) is 110 Å². The SMILES string of the molecule is CN1CCOC(CNS(=O)(=O)c2ncccc2NN)C1. The third kappa shape index (κ3) is 3.64. The van der Waals surface area contributed by atoms with Crippen molar-refractivity contribution in [2.24, 2.45) is 5.84 Å². The van der Waals surface area contributed by atoms with E-state index in [1.54, 1.807) is 12.1 Å². The molecule has 0 saturated carbocycles. The minimum absolute atomic E-state index is 0.119. The van der Waals surface area contributed by atoms with Crippen LogP contribution in [0, 0.1) is 0 Å². The van der Waals surface area contributed by atoms with E-state index in [4.69, 9.17) is 10.6 Å². The van der Waals surface area contributed by atoms with Crippen LogP contribution in [-0.2, 0) is 14.8 Å². The normalized spacial score (nSPS) is 20.8. The molecular formula is C11H19N5O3S. The highest BCUT2D eigenvalue weighted by Gasteiger charge is 2.23. The van der Waals surface area contributed by atoms with Crippen LogP contribution in [-0.4, -0.2) is 57.7 Å². The van der Waals surface area contributed by atoms with Gasteiger partial charge >= 0.3 is 0 Å². The number of likely N-dealkylation sites (N-methyl/N-ethyl adjacent to an activating group) is 1. The van der Waals surface area contributed by atoms with Gasteiger partial charge in [-0.3, -0.25) is 5.84 Å². The number of ether oxygens (including phenoxy) is 1. The minimum Gasteiger partial charge on any atom is -0.374 e. The maximum atomic E-state index is 12.2. The number of rotatable bonds is 5. The first-order chi connectivity index (χ1) is 9.53. The first-order valence-corrected chi connectivity index (χ1v) is 7.72.